The van der Waals surface area contributed by atoms with Crippen LogP contribution in [0.15, 0.2) is 36.4 Å². The van der Waals surface area contributed by atoms with E-state index in [0.717, 1.165) is 5.75 Å². The molecule has 2 aromatic rings. The van der Waals surface area contributed by atoms with Gasteiger partial charge in [0.1, 0.15) is 5.75 Å². The van der Waals surface area contributed by atoms with Gasteiger partial charge in [0.25, 0.3) is 0 Å². The van der Waals surface area contributed by atoms with Crippen molar-refractivity contribution in [2.24, 2.45) is 5.92 Å². The molecule has 2 aromatic carbocycles. The third-order valence-electron chi connectivity index (χ3n) is 4.58. The molecule has 0 aliphatic heterocycles. The van der Waals surface area contributed by atoms with Crippen LogP contribution in [-0.4, -0.2) is 13.2 Å². The van der Waals surface area contributed by atoms with Gasteiger partial charge in [0.2, 0.25) is 0 Å². The third kappa shape index (κ3) is 3.76. The average Bonchev–Trinajstić information content (AvgIpc) is 2.52. The van der Waals surface area contributed by atoms with E-state index in [1.807, 2.05) is 6.07 Å². The molecule has 0 heterocycles. The van der Waals surface area contributed by atoms with E-state index in [0.29, 0.717) is 18.0 Å². The summed E-state index contributed by atoms with van der Waals surface area (Å²) in [5.74, 6) is 1.60. The maximum atomic E-state index is 5.28. The molecule has 0 aliphatic carbocycles. The number of fused-ring (bicyclic) bond motifs is 1. The molecule has 0 spiro atoms. The summed E-state index contributed by atoms with van der Waals surface area (Å²) in [5.41, 5.74) is 1.34. The molecule has 0 aliphatic rings. The first-order valence-corrected chi connectivity index (χ1v) is 7.89. The fourth-order valence-electron chi connectivity index (χ4n) is 2.65. The lowest BCUT2D eigenvalue weighted by Crippen LogP contribution is -2.33. The van der Waals surface area contributed by atoms with Crippen LogP contribution in [0.5, 0.6) is 5.75 Å². The standard InChI is InChI=1S/C19H27NO/c1-6-13(2)14(3)20-15(4)16-7-8-18-12-19(21-5)10-9-17(18)11-16/h7-15,20H,6H2,1-5H3. The van der Waals surface area contributed by atoms with Crippen molar-refractivity contribution in [2.45, 2.75) is 46.2 Å². The summed E-state index contributed by atoms with van der Waals surface area (Å²) in [7, 11) is 1.71. The van der Waals surface area contributed by atoms with Crippen LogP contribution in [0.2, 0.25) is 0 Å². The predicted octanol–water partition coefficient (Wildman–Crippen LogP) is 4.93. The Morgan fingerprint density at radius 2 is 1.67 bits per heavy atom. The highest BCUT2D eigenvalue weighted by Crippen LogP contribution is 2.25. The van der Waals surface area contributed by atoms with Gasteiger partial charge in [-0.2, -0.15) is 0 Å². The van der Waals surface area contributed by atoms with Gasteiger partial charge in [-0.3, -0.25) is 0 Å². The first kappa shape index (κ1) is 15.8. The van der Waals surface area contributed by atoms with Gasteiger partial charge in [-0.25, -0.2) is 0 Å². The Morgan fingerprint density at radius 3 is 2.33 bits per heavy atom. The Morgan fingerprint density at radius 1 is 1.00 bits per heavy atom. The lowest BCUT2D eigenvalue weighted by Gasteiger charge is -2.25. The molecule has 1 N–H and O–H groups in total. The molecule has 2 nitrogen and oxygen atoms in total. The van der Waals surface area contributed by atoms with E-state index in [9.17, 15) is 0 Å². The van der Waals surface area contributed by atoms with Crippen molar-refractivity contribution >= 4 is 10.8 Å². The maximum Gasteiger partial charge on any atom is 0.119 e. The molecular formula is C19H27NO. The van der Waals surface area contributed by atoms with E-state index in [4.69, 9.17) is 4.74 Å². The smallest absolute Gasteiger partial charge is 0.119 e. The second-order valence-corrected chi connectivity index (χ2v) is 6.04. The first-order valence-electron chi connectivity index (χ1n) is 7.89. The van der Waals surface area contributed by atoms with Crippen LogP contribution in [0.25, 0.3) is 10.8 Å². The average molecular weight is 285 g/mol. The van der Waals surface area contributed by atoms with E-state index in [-0.39, 0.29) is 0 Å². The van der Waals surface area contributed by atoms with E-state index in [1.54, 1.807) is 7.11 Å². The molecule has 0 saturated carbocycles. The minimum Gasteiger partial charge on any atom is -0.497 e. The maximum absolute atomic E-state index is 5.28. The van der Waals surface area contributed by atoms with Gasteiger partial charge in [0.05, 0.1) is 7.11 Å². The highest BCUT2D eigenvalue weighted by molar-refractivity contribution is 5.84. The highest BCUT2D eigenvalue weighted by Gasteiger charge is 2.14. The van der Waals surface area contributed by atoms with E-state index in [2.05, 4.69) is 63.3 Å². The molecule has 114 valence electrons. The summed E-state index contributed by atoms with van der Waals surface area (Å²) in [6, 6.07) is 13.8. The molecular weight excluding hydrogens is 258 g/mol. The predicted molar refractivity (Wildman–Crippen MR) is 91.0 cm³/mol. The van der Waals surface area contributed by atoms with Crippen molar-refractivity contribution in [2.75, 3.05) is 7.11 Å². The van der Waals surface area contributed by atoms with Gasteiger partial charge in [0, 0.05) is 12.1 Å². The quantitative estimate of drug-likeness (QED) is 0.812. The monoisotopic (exact) mass is 285 g/mol. The van der Waals surface area contributed by atoms with Crippen LogP contribution < -0.4 is 10.1 Å². The van der Waals surface area contributed by atoms with Crippen molar-refractivity contribution in [1.82, 2.24) is 5.32 Å². The highest BCUT2D eigenvalue weighted by atomic mass is 16.5. The normalized spacial score (nSPS) is 15.7. The molecule has 21 heavy (non-hydrogen) atoms. The molecule has 2 rings (SSSR count). The Balaban J connectivity index is 2.18. The second-order valence-electron chi connectivity index (χ2n) is 6.04. The Hall–Kier alpha value is -1.54. The second kappa shape index (κ2) is 6.95. The summed E-state index contributed by atoms with van der Waals surface area (Å²) in [5, 5.41) is 6.19. The van der Waals surface area contributed by atoms with Gasteiger partial charge in [-0.1, -0.05) is 38.5 Å². The van der Waals surface area contributed by atoms with Crippen LogP contribution in [0.1, 0.15) is 45.7 Å². The Kier molecular flexibility index (Phi) is 5.24. The number of rotatable bonds is 6. The van der Waals surface area contributed by atoms with Crippen molar-refractivity contribution < 1.29 is 4.74 Å². The molecule has 0 amide bonds. The number of benzene rings is 2. The zero-order valence-electron chi connectivity index (χ0n) is 13.8. The molecule has 0 radical (unpaired) electrons. The fraction of sp³-hybridized carbons (Fsp3) is 0.474. The lowest BCUT2D eigenvalue weighted by molar-refractivity contribution is 0.360. The van der Waals surface area contributed by atoms with Crippen molar-refractivity contribution in [3.05, 3.63) is 42.0 Å². The van der Waals surface area contributed by atoms with Gasteiger partial charge in [-0.15, -0.1) is 0 Å². The van der Waals surface area contributed by atoms with Gasteiger partial charge in [0.15, 0.2) is 0 Å². The van der Waals surface area contributed by atoms with Crippen LogP contribution in [0.4, 0.5) is 0 Å². The molecule has 3 unspecified atom stereocenters. The number of ether oxygens (including phenoxy) is 1. The summed E-state index contributed by atoms with van der Waals surface area (Å²) < 4.78 is 5.28. The van der Waals surface area contributed by atoms with Crippen LogP contribution in [0, 0.1) is 5.92 Å². The van der Waals surface area contributed by atoms with Gasteiger partial charge < -0.3 is 10.1 Å². The minimum atomic E-state index is 0.362. The van der Waals surface area contributed by atoms with Crippen LogP contribution in [0.3, 0.4) is 0 Å². The molecule has 0 saturated heterocycles. The van der Waals surface area contributed by atoms with Crippen molar-refractivity contribution in [3.63, 3.8) is 0 Å². The first-order chi connectivity index (χ1) is 10.0. The Bertz CT molecular complexity index is 593. The van der Waals surface area contributed by atoms with E-state index in [1.165, 1.54) is 22.8 Å². The van der Waals surface area contributed by atoms with E-state index < -0.39 is 0 Å². The minimum absolute atomic E-state index is 0.362. The summed E-state index contributed by atoms with van der Waals surface area (Å²) in [4.78, 5) is 0. The summed E-state index contributed by atoms with van der Waals surface area (Å²) >= 11 is 0. The molecule has 0 bridgehead atoms. The summed E-state index contributed by atoms with van der Waals surface area (Å²) in [6.07, 6.45) is 1.21. The van der Waals surface area contributed by atoms with Gasteiger partial charge >= 0.3 is 0 Å². The van der Waals surface area contributed by atoms with Crippen LogP contribution in [-0.2, 0) is 0 Å². The molecule has 0 fully saturated rings. The zero-order valence-corrected chi connectivity index (χ0v) is 13.8. The van der Waals surface area contributed by atoms with Crippen molar-refractivity contribution in [1.29, 1.82) is 0 Å². The number of methoxy groups -OCH3 is 1. The molecule has 2 heteroatoms. The number of hydrogen-bond acceptors (Lipinski definition) is 2. The lowest BCUT2D eigenvalue weighted by atomic mass is 9.97. The van der Waals surface area contributed by atoms with Crippen molar-refractivity contribution in [3.8, 4) is 5.75 Å². The largest absolute Gasteiger partial charge is 0.497 e. The molecule has 0 aromatic heterocycles. The zero-order chi connectivity index (χ0) is 15.4. The van der Waals surface area contributed by atoms with Gasteiger partial charge in [-0.05, 0) is 54.3 Å². The topological polar surface area (TPSA) is 21.3 Å². The Labute approximate surface area is 128 Å². The fourth-order valence-corrected chi connectivity index (χ4v) is 2.65. The number of hydrogen-bond donors (Lipinski definition) is 1. The van der Waals surface area contributed by atoms with E-state index >= 15 is 0 Å². The molecule has 3 atom stereocenters. The van der Waals surface area contributed by atoms with Crippen LogP contribution >= 0.6 is 0 Å². The third-order valence-corrected chi connectivity index (χ3v) is 4.58. The SMILES string of the molecule is CCC(C)C(C)NC(C)c1ccc2cc(OC)ccc2c1. The summed E-state index contributed by atoms with van der Waals surface area (Å²) in [6.45, 7) is 9.06. The number of nitrogens with one attached hydrogen (secondary N) is 1.